The van der Waals surface area contributed by atoms with E-state index in [0.717, 1.165) is 5.56 Å². The Bertz CT molecular complexity index is 562. The van der Waals surface area contributed by atoms with Crippen molar-refractivity contribution in [2.75, 3.05) is 0 Å². The van der Waals surface area contributed by atoms with Gasteiger partial charge in [-0.1, -0.05) is 45.0 Å². The van der Waals surface area contributed by atoms with Gasteiger partial charge in [-0.15, -0.1) is 0 Å². The van der Waals surface area contributed by atoms with Crippen molar-refractivity contribution >= 4 is 0 Å². The van der Waals surface area contributed by atoms with E-state index in [1.165, 1.54) is 17.8 Å². The number of H-pyrrole nitrogens is 1. The van der Waals surface area contributed by atoms with Crippen molar-refractivity contribution < 1.29 is 0 Å². The molecule has 3 heteroatoms. The van der Waals surface area contributed by atoms with E-state index >= 15 is 0 Å². The number of hydrogen-bond donors (Lipinski definition) is 1. The molecule has 17 heavy (non-hydrogen) atoms. The molecule has 0 bridgehead atoms. The Morgan fingerprint density at radius 2 is 1.71 bits per heavy atom. The van der Waals surface area contributed by atoms with Crippen molar-refractivity contribution in [3.05, 3.63) is 52.4 Å². The molecule has 3 nitrogen and oxygen atoms in total. The van der Waals surface area contributed by atoms with Crippen LogP contribution in [0.3, 0.4) is 0 Å². The lowest BCUT2D eigenvalue weighted by Gasteiger charge is -2.18. The molecule has 0 unspecified atom stereocenters. The molecule has 0 aliphatic heterocycles. The van der Waals surface area contributed by atoms with Gasteiger partial charge in [-0.3, -0.25) is 4.79 Å². The van der Waals surface area contributed by atoms with Crippen molar-refractivity contribution in [1.82, 2.24) is 9.97 Å². The minimum Gasteiger partial charge on any atom is -0.307 e. The molecule has 1 heterocycles. The van der Waals surface area contributed by atoms with E-state index < -0.39 is 0 Å². The summed E-state index contributed by atoms with van der Waals surface area (Å²) in [5.41, 5.74) is 2.20. The molecule has 1 aromatic heterocycles. The predicted molar refractivity (Wildman–Crippen MR) is 69.0 cm³/mol. The molecule has 88 valence electrons. The largest absolute Gasteiger partial charge is 0.307 e. The number of aromatic nitrogens is 2. The fraction of sp³-hybridized carbons (Fsp3) is 0.286. The molecule has 0 spiro atoms. The van der Waals surface area contributed by atoms with Crippen LogP contribution in [0.4, 0.5) is 0 Å². The number of benzene rings is 1. The lowest BCUT2D eigenvalue weighted by atomic mass is 9.87. The van der Waals surface area contributed by atoms with E-state index in [9.17, 15) is 4.79 Å². The second-order valence-corrected chi connectivity index (χ2v) is 5.11. The minimum atomic E-state index is -0.130. The number of nitrogens with zero attached hydrogens (tertiary/aromatic N) is 1. The van der Waals surface area contributed by atoms with E-state index in [-0.39, 0.29) is 11.0 Å². The number of nitrogens with one attached hydrogen (secondary N) is 1. The van der Waals surface area contributed by atoms with Gasteiger partial charge in [-0.25, -0.2) is 4.98 Å². The summed E-state index contributed by atoms with van der Waals surface area (Å²) in [6.45, 7) is 6.51. The molecule has 0 saturated heterocycles. The molecular weight excluding hydrogens is 212 g/mol. The summed E-state index contributed by atoms with van der Waals surface area (Å²) in [4.78, 5) is 18.1. The Morgan fingerprint density at radius 3 is 2.24 bits per heavy atom. The summed E-state index contributed by atoms with van der Waals surface area (Å²) in [5, 5.41) is 0. The van der Waals surface area contributed by atoms with Gasteiger partial charge in [0.1, 0.15) is 5.82 Å². The van der Waals surface area contributed by atoms with Gasteiger partial charge in [-0.2, -0.15) is 0 Å². The highest BCUT2D eigenvalue weighted by molar-refractivity contribution is 5.55. The molecule has 0 aliphatic rings. The molecule has 1 N–H and O–H groups in total. The van der Waals surface area contributed by atoms with Gasteiger partial charge < -0.3 is 4.98 Å². The van der Waals surface area contributed by atoms with Gasteiger partial charge in [0, 0.05) is 17.8 Å². The Balaban J connectivity index is 2.39. The summed E-state index contributed by atoms with van der Waals surface area (Å²) < 4.78 is 0. The first-order valence-corrected chi connectivity index (χ1v) is 5.63. The van der Waals surface area contributed by atoms with Crippen LogP contribution in [0.2, 0.25) is 0 Å². The topological polar surface area (TPSA) is 45.8 Å². The second kappa shape index (κ2) is 4.17. The van der Waals surface area contributed by atoms with E-state index in [2.05, 4.69) is 42.9 Å². The molecule has 2 aromatic rings. The molecule has 0 fully saturated rings. The van der Waals surface area contributed by atoms with Crippen molar-refractivity contribution in [2.24, 2.45) is 0 Å². The first-order valence-electron chi connectivity index (χ1n) is 5.63. The third-order valence-electron chi connectivity index (χ3n) is 2.70. The Hall–Kier alpha value is -1.90. The molecule has 0 radical (unpaired) electrons. The molecule has 0 amide bonds. The van der Waals surface area contributed by atoms with Gasteiger partial charge in [0.15, 0.2) is 0 Å². The molecule has 0 aliphatic carbocycles. The Labute approximate surface area is 101 Å². The molecule has 0 saturated carbocycles. The van der Waals surface area contributed by atoms with Crippen molar-refractivity contribution in [2.45, 2.75) is 26.2 Å². The third-order valence-corrected chi connectivity index (χ3v) is 2.70. The molecular formula is C14H16N2O. The number of rotatable bonds is 1. The average molecular weight is 228 g/mol. The Kier molecular flexibility index (Phi) is 2.84. The zero-order valence-corrected chi connectivity index (χ0v) is 10.3. The highest BCUT2D eigenvalue weighted by Crippen LogP contribution is 2.24. The van der Waals surface area contributed by atoms with Crippen LogP contribution >= 0.6 is 0 Å². The fourth-order valence-electron chi connectivity index (χ4n) is 1.64. The van der Waals surface area contributed by atoms with E-state index in [1.54, 1.807) is 0 Å². The van der Waals surface area contributed by atoms with Gasteiger partial charge >= 0.3 is 0 Å². The average Bonchev–Trinajstić information content (AvgIpc) is 2.28. The third kappa shape index (κ3) is 2.61. The monoisotopic (exact) mass is 228 g/mol. The van der Waals surface area contributed by atoms with Gasteiger partial charge in [0.05, 0.1) is 0 Å². The van der Waals surface area contributed by atoms with Crippen molar-refractivity contribution in [3.63, 3.8) is 0 Å². The van der Waals surface area contributed by atoms with Crippen LogP contribution in [0.25, 0.3) is 11.4 Å². The van der Waals surface area contributed by atoms with Crippen LogP contribution in [0, 0.1) is 0 Å². The summed E-state index contributed by atoms with van der Waals surface area (Å²) in [5.74, 6) is 0.609. The summed E-state index contributed by atoms with van der Waals surface area (Å²) in [7, 11) is 0. The quantitative estimate of drug-likeness (QED) is 0.815. The molecule has 1 aromatic carbocycles. The van der Waals surface area contributed by atoms with E-state index in [4.69, 9.17) is 0 Å². The normalized spacial score (nSPS) is 11.5. The van der Waals surface area contributed by atoms with Crippen LogP contribution < -0.4 is 5.56 Å². The highest BCUT2D eigenvalue weighted by Gasteiger charge is 2.13. The lowest BCUT2D eigenvalue weighted by Crippen LogP contribution is -2.11. The smallest absolute Gasteiger partial charge is 0.251 e. The zero-order valence-electron chi connectivity index (χ0n) is 10.3. The first-order chi connectivity index (χ1) is 7.97. The van der Waals surface area contributed by atoms with Crippen LogP contribution in [-0.2, 0) is 5.41 Å². The number of aromatic amines is 1. The van der Waals surface area contributed by atoms with Crippen LogP contribution in [0.1, 0.15) is 26.3 Å². The predicted octanol–water partition coefficient (Wildman–Crippen LogP) is 2.73. The van der Waals surface area contributed by atoms with Crippen LogP contribution in [-0.4, -0.2) is 9.97 Å². The first kappa shape index (κ1) is 11.6. The van der Waals surface area contributed by atoms with Gasteiger partial charge in [0.2, 0.25) is 0 Å². The summed E-state index contributed by atoms with van der Waals surface area (Å²) >= 11 is 0. The maximum Gasteiger partial charge on any atom is 0.251 e. The van der Waals surface area contributed by atoms with Gasteiger partial charge in [0.25, 0.3) is 5.56 Å². The highest BCUT2D eigenvalue weighted by atomic mass is 16.1. The Morgan fingerprint density at radius 1 is 1.06 bits per heavy atom. The number of hydrogen-bond acceptors (Lipinski definition) is 2. The second-order valence-electron chi connectivity index (χ2n) is 5.11. The SMILES string of the molecule is CC(C)(C)c1ccc(-c2nccc(=O)[nH]2)cc1. The summed E-state index contributed by atoms with van der Waals surface area (Å²) in [6.07, 6.45) is 1.52. The van der Waals surface area contributed by atoms with Crippen LogP contribution in [0.5, 0.6) is 0 Å². The standard InChI is InChI=1S/C14H16N2O/c1-14(2,3)11-6-4-10(5-7-11)13-15-9-8-12(17)16-13/h4-9H,1-3H3,(H,15,16,17). The summed E-state index contributed by atoms with van der Waals surface area (Å²) in [6, 6.07) is 9.52. The van der Waals surface area contributed by atoms with E-state index in [1.807, 2.05) is 12.1 Å². The maximum absolute atomic E-state index is 11.2. The molecule has 2 rings (SSSR count). The van der Waals surface area contributed by atoms with Crippen molar-refractivity contribution in [1.29, 1.82) is 0 Å². The molecule has 0 atom stereocenters. The van der Waals surface area contributed by atoms with E-state index in [0.29, 0.717) is 5.82 Å². The zero-order chi connectivity index (χ0) is 12.5. The minimum absolute atomic E-state index is 0.130. The fourth-order valence-corrected chi connectivity index (χ4v) is 1.64. The maximum atomic E-state index is 11.2. The van der Waals surface area contributed by atoms with Crippen LogP contribution in [0.15, 0.2) is 41.3 Å². The van der Waals surface area contributed by atoms with Gasteiger partial charge in [-0.05, 0) is 11.0 Å². The lowest BCUT2D eigenvalue weighted by molar-refractivity contribution is 0.590. The van der Waals surface area contributed by atoms with Crippen molar-refractivity contribution in [3.8, 4) is 11.4 Å².